The van der Waals surface area contributed by atoms with Gasteiger partial charge in [-0.15, -0.1) is 17.0 Å². The molecule has 0 aliphatic carbocycles. The normalized spacial score (nSPS) is 10.3. The van der Waals surface area contributed by atoms with E-state index >= 15 is 0 Å². The number of rotatable bonds is 3. The summed E-state index contributed by atoms with van der Waals surface area (Å²) in [5.41, 5.74) is 2.72. The molecule has 0 N–H and O–H groups in total. The number of aromatic nitrogens is 1. The standard InChI is InChI=1S/C18H15FNO.BrH/c1-13-4-9-17-15(11-13)3-2-10-20(17)12-18(21)14-5-7-16(19)8-6-14;/h2-11H,12H2,1H3;1H/q+1;. The van der Waals surface area contributed by atoms with Crippen LogP contribution in [0.15, 0.2) is 60.8 Å². The van der Waals surface area contributed by atoms with Gasteiger partial charge in [-0.1, -0.05) is 11.6 Å². The van der Waals surface area contributed by atoms with Crippen molar-refractivity contribution in [1.82, 2.24) is 0 Å². The number of aryl methyl sites for hydroxylation is 1. The maximum atomic E-state index is 12.9. The van der Waals surface area contributed by atoms with Crippen LogP contribution in [0.1, 0.15) is 15.9 Å². The highest BCUT2D eigenvalue weighted by atomic mass is 79.9. The SMILES string of the molecule is Br.Cc1ccc2c(ccc[n+]2CC(=O)c2ccc(F)cc2)c1. The topological polar surface area (TPSA) is 20.9 Å². The van der Waals surface area contributed by atoms with Crippen molar-refractivity contribution in [3.8, 4) is 0 Å². The van der Waals surface area contributed by atoms with Gasteiger partial charge < -0.3 is 0 Å². The Kier molecular flexibility index (Phi) is 5.03. The first-order valence-corrected chi connectivity index (χ1v) is 6.81. The zero-order chi connectivity index (χ0) is 14.8. The van der Waals surface area contributed by atoms with Crippen LogP contribution in [-0.4, -0.2) is 5.78 Å². The van der Waals surface area contributed by atoms with Gasteiger partial charge in [0.1, 0.15) is 5.82 Å². The number of fused-ring (bicyclic) bond motifs is 1. The summed E-state index contributed by atoms with van der Waals surface area (Å²) >= 11 is 0. The molecule has 0 atom stereocenters. The molecule has 22 heavy (non-hydrogen) atoms. The molecule has 0 bridgehead atoms. The summed E-state index contributed by atoms with van der Waals surface area (Å²) in [5.74, 6) is -0.368. The number of carbonyl (C=O) groups excluding carboxylic acids is 1. The van der Waals surface area contributed by atoms with Gasteiger partial charge in [-0.3, -0.25) is 4.79 Å². The van der Waals surface area contributed by atoms with Gasteiger partial charge in [0.05, 0.1) is 0 Å². The van der Waals surface area contributed by atoms with E-state index in [0.29, 0.717) is 5.56 Å². The molecule has 3 aromatic rings. The number of ketones is 1. The molecule has 2 aromatic carbocycles. The molecular weight excluding hydrogens is 345 g/mol. The lowest BCUT2D eigenvalue weighted by Gasteiger charge is -2.02. The van der Waals surface area contributed by atoms with Crippen LogP contribution in [-0.2, 0) is 6.54 Å². The minimum atomic E-state index is -0.333. The van der Waals surface area contributed by atoms with E-state index in [1.165, 1.54) is 29.8 Å². The van der Waals surface area contributed by atoms with Gasteiger partial charge in [0, 0.05) is 23.1 Å². The second-order valence-electron chi connectivity index (χ2n) is 5.13. The first-order valence-electron chi connectivity index (χ1n) is 6.81. The number of hydrogen-bond donors (Lipinski definition) is 0. The Hall–Kier alpha value is -2.07. The molecule has 2 nitrogen and oxygen atoms in total. The monoisotopic (exact) mass is 360 g/mol. The molecule has 3 rings (SSSR count). The summed E-state index contributed by atoms with van der Waals surface area (Å²) < 4.78 is 14.8. The van der Waals surface area contributed by atoms with Crippen molar-refractivity contribution in [3.05, 3.63) is 77.7 Å². The van der Waals surface area contributed by atoms with Crippen LogP contribution in [0.4, 0.5) is 4.39 Å². The maximum absolute atomic E-state index is 12.9. The second-order valence-corrected chi connectivity index (χ2v) is 5.13. The fourth-order valence-electron chi connectivity index (χ4n) is 2.42. The van der Waals surface area contributed by atoms with Crippen LogP contribution >= 0.6 is 17.0 Å². The van der Waals surface area contributed by atoms with Crippen LogP contribution in [0.2, 0.25) is 0 Å². The van der Waals surface area contributed by atoms with Crippen molar-refractivity contribution in [3.63, 3.8) is 0 Å². The number of pyridine rings is 1. The Balaban J connectivity index is 0.00000176. The van der Waals surface area contributed by atoms with E-state index in [1.807, 2.05) is 42.0 Å². The summed E-state index contributed by atoms with van der Waals surface area (Å²) in [6.45, 7) is 2.28. The van der Waals surface area contributed by atoms with Crippen molar-refractivity contribution in [1.29, 1.82) is 0 Å². The van der Waals surface area contributed by atoms with E-state index in [2.05, 4.69) is 6.07 Å². The summed E-state index contributed by atoms with van der Waals surface area (Å²) in [6.07, 6.45) is 1.89. The van der Waals surface area contributed by atoms with Crippen LogP contribution in [0.25, 0.3) is 10.9 Å². The van der Waals surface area contributed by atoms with Gasteiger partial charge in [0.15, 0.2) is 6.20 Å². The number of benzene rings is 2. The minimum Gasteiger partial charge on any atom is -0.287 e. The first kappa shape index (κ1) is 16.3. The summed E-state index contributed by atoms with van der Waals surface area (Å²) in [5, 5.41) is 1.10. The zero-order valence-electron chi connectivity index (χ0n) is 12.1. The van der Waals surface area contributed by atoms with E-state index in [1.54, 1.807) is 0 Å². The molecule has 4 heteroatoms. The van der Waals surface area contributed by atoms with Crippen molar-refractivity contribution >= 4 is 33.7 Å². The summed E-state index contributed by atoms with van der Waals surface area (Å²) in [7, 11) is 0. The summed E-state index contributed by atoms with van der Waals surface area (Å²) in [4.78, 5) is 12.3. The average molecular weight is 361 g/mol. The number of carbonyl (C=O) groups is 1. The van der Waals surface area contributed by atoms with Crippen LogP contribution in [0, 0.1) is 12.7 Å². The smallest absolute Gasteiger partial charge is 0.227 e. The van der Waals surface area contributed by atoms with Gasteiger partial charge in [-0.05, 0) is 43.3 Å². The Labute approximate surface area is 139 Å². The number of Topliss-reactive ketones (excluding diaryl/α,β-unsaturated/α-hetero) is 1. The Morgan fingerprint density at radius 1 is 1.09 bits per heavy atom. The molecule has 0 aliphatic rings. The number of nitrogens with zero attached hydrogens (tertiary/aromatic N) is 1. The highest BCUT2D eigenvalue weighted by Gasteiger charge is 2.15. The lowest BCUT2D eigenvalue weighted by molar-refractivity contribution is -0.657. The van der Waals surface area contributed by atoms with E-state index in [4.69, 9.17) is 0 Å². The van der Waals surface area contributed by atoms with E-state index in [0.717, 1.165) is 10.9 Å². The van der Waals surface area contributed by atoms with Gasteiger partial charge in [-0.25, -0.2) is 4.39 Å². The first-order chi connectivity index (χ1) is 10.1. The molecule has 0 amide bonds. The lowest BCUT2D eigenvalue weighted by atomic mass is 10.1. The quantitative estimate of drug-likeness (QED) is 0.510. The second kappa shape index (κ2) is 6.79. The molecule has 1 heterocycles. The van der Waals surface area contributed by atoms with Crippen molar-refractivity contribution in [2.75, 3.05) is 0 Å². The van der Waals surface area contributed by atoms with Gasteiger partial charge >= 0.3 is 0 Å². The third-order valence-corrected chi connectivity index (χ3v) is 3.51. The molecule has 0 radical (unpaired) electrons. The van der Waals surface area contributed by atoms with Crippen LogP contribution in [0.5, 0.6) is 0 Å². The molecular formula is C18H16BrFNO+. The molecule has 0 saturated carbocycles. The third-order valence-electron chi connectivity index (χ3n) is 3.51. The highest BCUT2D eigenvalue weighted by Crippen LogP contribution is 2.12. The Bertz CT molecular complexity index is 815. The van der Waals surface area contributed by atoms with E-state index < -0.39 is 0 Å². The van der Waals surface area contributed by atoms with Gasteiger partial charge in [0.2, 0.25) is 17.8 Å². The molecule has 0 fully saturated rings. The van der Waals surface area contributed by atoms with Gasteiger partial charge in [0.25, 0.3) is 0 Å². The van der Waals surface area contributed by atoms with Crippen molar-refractivity contribution in [2.45, 2.75) is 13.5 Å². The van der Waals surface area contributed by atoms with E-state index in [9.17, 15) is 9.18 Å². The maximum Gasteiger partial charge on any atom is 0.227 e. The Morgan fingerprint density at radius 3 is 2.55 bits per heavy atom. The average Bonchev–Trinajstić information content (AvgIpc) is 2.47. The molecule has 0 unspecified atom stereocenters. The molecule has 0 spiro atoms. The largest absolute Gasteiger partial charge is 0.287 e. The zero-order valence-corrected chi connectivity index (χ0v) is 13.8. The fraction of sp³-hybridized carbons (Fsp3) is 0.111. The molecule has 0 aliphatic heterocycles. The third kappa shape index (κ3) is 3.39. The summed E-state index contributed by atoms with van der Waals surface area (Å²) in [6, 6.07) is 15.8. The van der Waals surface area contributed by atoms with Crippen LogP contribution < -0.4 is 4.57 Å². The van der Waals surface area contributed by atoms with E-state index in [-0.39, 0.29) is 35.1 Å². The van der Waals surface area contributed by atoms with Crippen molar-refractivity contribution < 1.29 is 13.8 Å². The minimum absolute atomic E-state index is 0. The number of halogens is 2. The predicted molar refractivity (Wildman–Crippen MR) is 89.9 cm³/mol. The molecule has 0 saturated heterocycles. The van der Waals surface area contributed by atoms with Gasteiger partial charge in [-0.2, -0.15) is 4.57 Å². The lowest BCUT2D eigenvalue weighted by Crippen LogP contribution is -2.38. The van der Waals surface area contributed by atoms with Crippen LogP contribution in [0.3, 0.4) is 0 Å². The number of hydrogen-bond acceptors (Lipinski definition) is 1. The molecule has 1 aromatic heterocycles. The van der Waals surface area contributed by atoms with Crippen molar-refractivity contribution in [2.24, 2.45) is 0 Å². The highest BCUT2D eigenvalue weighted by molar-refractivity contribution is 8.93. The molecule has 112 valence electrons. The fourth-order valence-corrected chi connectivity index (χ4v) is 2.42. The Morgan fingerprint density at radius 2 is 1.82 bits per heavy atom. The predicted octanol–water partition coefficient (Wildman–Crippen LogP) is 4.04.